The summed E-state index contributed by atoms with van der Waals surface area (Å²) in [6, 6.07) is 5.61. The van der Waals surface area contributed by atoms with Gasteiger partial charge in [0, 0.05) is 18.0 Å². The molecule has 0 bridgehead atoms. The third-order valence-corrected chi connectivity index (χ3v) is 4.40. The van der Waals surface area contributed by atoms with E-state index in [0.29, 0.717) is 12.3 Å². The van der Waals surface area contributed by atoms with Gasteiger partial charge in [0.15, 0.2) is 0 Å². The first-order valence-corrected chi connectivity index (χ1v) is 8.56. The number of carboxylic acids is 1. The fraction of sp³-hybridized carbons (Fsp3) is 0.412. The van der Waals surface area contributed by atoms with E-state index in [1.807, 2.05) is 35.4 Å². The number of carboxylic acid groups (broad SMARTS) is 1. The second kappa shape index (κ2) is 8.65. The van der Waals surface area contributed by atoms with Crippen LogP contribution in [0.4, 0.5) is 0 Å². The van der Waals surface area contributed by atoms with E-state index < -0.39 is 5.97 Å². The van der Waals surface area contributed by atoms with Gasteiger partial charge in [0.05, 0.1) is 32.0 Å². The second-order valence-electron chi connectivity index (χ2n) is 5.31. The quantitative estimate of drug-likeness (QED) is 0.749. The van der Waals surface area contributed by atoms with Crippen molar-refractivity contribution < 1.29 is 19.4 Å². The SMILES string of the molecule is CCCN(CC(=O)O)Cc1csc(-c2ccc(OC)cc2OC)n1. The molecule has 130 valence electrons. The zero-order chi connectivity index (χ0) is 17.5. The molecule has 0 aliphatic rings. The number of benzene rings is 1. The molecule has 0 aliphatic heterocycles. The average molecular weight is 350 g/mol. The summed E-state index contributed by atoms with van der Waals surface area (Å²) in [5.74, 6) is 0.602. The van der Waals surface area contributed by atoms with E-state index in [9.17, 15) is 4.79 Å². The molecule has 7 heteroatoms. The molecule has 24 heavy (non-hydrogen) atoms. The molecule has 0 unspecified atom stereocenters. The van der Waals surface area contributed by atoms with Gasteiger partial charge in [-0.25, -0.2) is 4.98 Å². The molecule has 2 aromatic rings. The van der Waals surface area contributed by atoms with E-state index in [1.165, 1.54) is 11.3 Å². The van der Waals surface area contributed by atoms with E-state index in [4.69, 9.17) is 14.6 Å². The highest BCUT2D eigenvalue weighted by atomic mass is 32.1. The molecular weight excluding hydrogens is 328 g/mol. The molecule has 0 amide bonds. The van der Waals surface area contributed by atoms with E-state index in [0.717, 1.165) is 35.0 Å². The standard InChI is InChI=1S/C17H22N2O4S/c1-4-7-19(10-16(20)21)9-12-11-24-17(18-12)14-6-5-13(22-2)8-15(14)23-3/h5-6,8,11H,4,7,9-10H2,1-3H3,(H,20,21). The number of hydrogen-bond donors (Lipinski definition) is 1. The normalized spacial score (nSPS) is 10.8. The molecule has 0 saturated carbocycles. The van der Waals surface area contributed by atoms with Crippen LogP contribution in [0, 0.1) is 0 Å². The highest BCUT2D eigenvalue weighted by Gasteiger charge is 2.14. The average Bonchev–Trinajstić information content (AvgIpc) is 3.02. The highest BCUT2D eigenvalue weighted by Crippen LogP contribution is 2.35. The Morgan fingerprint density at radius 3 is 2.75 bits per heavy atom. The van der Waals surface area contributed by atoms with Crippen LogP contribution in [-0.2, 0) is 11.3 Å². The topological polar surface area (TPSA) is 71.9 Å². The fourth-order valence-electron chi connectivity index (χ4n) is 2.43. The lowest BCUT2D eigenvalue weighted by atomic mass is 10.2. The summed E-state index contributed by atoms with van der Waals surface area (Å²) in [4.78, 5) is 17.5. The molecule has 1 aromatic carbocycles. The van der Waals surface area contributed by atoms with Gasteiger partial charge in [0.1, 0.15) is 16.5 Å². The van der Waals surface area contributed by atoms with Crippen molar-refractivity contribution in [1.82, 2.24) is 9.88 Å². The molecule has 0 radical (unpaired) electrons. The zero-order valence-electron chi connectivity index (χ0n) is 14.1. The Bertz CT molecular complexity index is 687. The van der Waals surface area contributed by atoms with Crippen molar-refractivity contribution >= 4 is 17.3 Å². The summed E-state index contributed by atoms with van der Waals surface area (Å²) < 4.78 is 10.6. The van der Waals surface area contributed by atoms with Gasteiger partial charge in [-0.15, -0.1) is 11.3 Å². The number of aliphatic carboxylic acids is 1. The summed E-state index contributed by atoms with van der Waals surface area (Å²) in [6.45, 7) is 3.30. The van der Waals surface area contributed by atoms with Crippen LogP contribution in [-0.4, -0.2) is 48.3 Å². The van der Waals surface area contributed by atoms with Crippen LogP contribution in [0.15, 0.2) is 23.6 Å². The maximum Gasteiger partial charge on any atom is 0.317 e. The van der Waals surface area contributed by atoms with Crippen molar-refractivity contribution in [2.45, 2.75) is 19.9 Å². The maximum absolute atomic E-state index is 11.0. The second-order valence-corrected chi connectivity index (χ2v) is 6.17. The number of rotatable bonds is 9. The highest BCUT2D eigenvalue weighted by molar-refractivity contribution is 7.13. The first-order chi connectivity index (χ1) is 11.6. The van der Waals surface area contributed by atoms with Gasteiger partial charge in [-0.1, -0.05) is 6.92 Å². The van der Waals surface area contributed by atoms with Crippen molar-refractivity contribution in [2.24, 2.45) is 0 Å². The minimum absolute atomic E-state index is 0.0204. The Hall–Kier alpha value is -2.12. The third-order valence-electron chi connectivity index (χ3n) is 3.48. The Morgan fingerprint density at radius 2 is 2.12 bits per heavy atom. The van der Waals surface area contributed by atoms with Crippen LogP contribution >= 0.6 is 11.3 Å². The van der Waals surface area contributed by atoms with E-state index >= 15 is 0 Å². The van der Waals surface area contributed by atoms with Crippen LogP contribution in [0.5, 0.6) is 11.5 Å². The summed E-state index contributed by atoms with van der Waals surface area (Å²) in [6.07, 6.45) is 0.899. The smallest absolute Gasteiger partial charge is 0.317 e. The van der Waals surface area contributed by atoms with Crippen molar-refractivity contribution in [1.29, 1.82) is 0 Å². The van der Waals surface area contributed by atoms with Crippen molar-refractivity contribution in [2.75, 3.05) is 27.3 Å². The van der Waals surface area contributed by atoms with E-state index in [1.54, 1.807) is 14.2 Å². The molecule has 0 spiro atoms. The van der Waals surface area contributed by atoms with Crippen LogP contribution in [0.1, 0.15) is 19.0 Å². The number of nitrogens with zero attached hydrogens (tertiary/aromatic N) is 2. The zero-order valence-corrected chi connectivity index (χ0v) is 14.9. The van der Waals surface area contributed by atoms with Gasteiger partial charge in [0.25, 0.3) is 0 Å². The molecule has 0 aliphatic carbocycles. The number of aromatic nitrogens is 1. The molecule has 1 aromatic heterocycles. The minimum Gasteiger partial charge on any atom is -0.497 e. The van der Waals surface area contributed by atoms with Gasteiger partial charge < -0.3 is 14.6 Å². The first-order valence-electron chi connectivity index (χ1n) is 7.68. The van der Waals surface area contributed by atoms with Gasteiger partial charge >= 0.3 is 5.97 Å². The van der Waals surface area contributed by atoms with Crippen LogP contribution < -0.4 is 9.47 Å². The molecule has 0 atom stereocenters. The van der Waals surface area contributed by atoms with Gasteiger partial charge in [-0.05, 0) is 25.1 Å². The molecule has 6 nitrogen and oxygen atoms in total. The molecular formula is C17H22N2O4S. The van der Waals surface area contributed by atoms with Crippen molar-refractivity contribution in [3.8, 4) is 22.1 Å². The first kappa shape index (κ1) is 18.2. The van der Waals surface area contributed by atoms with Crippen molar-refractivity contribution in [3.05, 3.63) is 29.3 Å². The Labute approximate surface area is 145 Å². The molecule has 0 fully saturated rings. The number of methoxy groups -OCH3 is 2. The largest absolute Gasteiger partial charge is 0.497 e. The lowest BCUT2D eigenvalue weighted by Crippen LogP contribution is -2.30. The number of hydrogen-bond acceptors (Lipinski definition) is 6. The lowest BCUT2D eigenvalue weighted by Gasteiger charge is -2.17. The summed E-state index contributed by atoms with van der Waals surface area (Å²) in [5, 5.41) is 11.8. The number of ether oxygens (including phenoxy) is 2. The van der Waals surface area contributed by atoms with Crippen LogP contribution in [0.2, 0.25) is 0 Å². The Balaban J connectivity index is 2.19. The molecule has 1 N–H and O–H groups in total. The maximum atomic E-state index is 11.0. The van der Waals surface area contributed by atoms with E-state index in [-0.39, 0.29) is 6.54 Å². The third kappa shape index (κ3) is 4.69. The predicted octanol–water partition coefficient (Wildman–Crippen LogP) is 3.12. The van der Waals surface area contributed by atoms with Crippen molar-refractivity contribution in [3.63, 3.8) is 0 Å². The fourth-order valence-corrected chi connectivity index (χ4v) is 3.27. The summed E-state index contributed by atoms with van der Waals surface area (Å²) in [7, 11) is 3.23. The summed E-state index contributed by atoms with van der Waals surface area (Å²) in [5.41, 5.74) is 1.76. The van der Waals surface area contributed by atoms with Gasteiger partial charge in [0.2, 0.25) is 0 Å². The monoisotopic (exact) mass is 350 g/mol. The Morgan fingerprint density at radius 1 is 1.33 bits per heavy atom. The van der Waals surface area contributed by atoms with E-state index in [2.05, 4.69) is 4.98 Å². The molecule has 0 saturated heterocycles. The van der Waals surface area contributed by atoms with Gasteiger partial charge in [-0.2, -0.15) is 0 Å². The van der Waals surface area contributed by atoms with Crippen LogP contribution in [0.25, 0.3) is 10.6 Å². The minimum atomic E-state index is -0.823. The molecule has 2 rings (SSSR count). The molecule has 1 heterocycles. The Kier molecular flexibility index (Phi) is 6.57. The van der Waals surface area contributed by atoms with Gasteiger partial charge in [-0.3, -0.25) is 9.69 Å². The number of carbonyl (C=O) groups is 1. The predicted molar refractivity (Wildman–Crippen MR) is 93.9 cm³/mol. The lowest BCUT2D eigenvalue weighted by molar-refractivity contribution is -0.138. The van der Waals surface area contributed by atoms with Crippen LogP contribution in [0.3, 0.4) is 0 Å². The number of thiazole rings is 1. The summed E-state index contributed by atoms with van der Waals surface area (Å²) >= 11 is 1.52.